The van der Waals surface area contributed by atoms with Crippen LogP contribution >= 0.6 is 0 Å². The lowest BCUT2D eigenvalue weighted by molar-refractivity contribution is -0.157. The molecular weight excluding hydrogens is 561 g/mol. The van der Waals surface area contributed by atoms with Gasteiger partial charge >= 0.3 is 12.1 Å². The Kier molecular flexibility index (Phi) is 9.28. The van der Waals surface area contributed by atoms with Crippen LogP contribution in [0.2, 0.25) is 0 Å². The normalized spacial score (nSPS) is 23.5. The van der Waals surface area contributed by atoms with Crippen molar-refractivity contribution in [3.8, 4) is 5.75 Å². The Balaban J connectivity index is 1.32. The Bertz CT molecular complexity index is 1270. The molecule has 14 heteroatoms. The molecule has 4 atom stereocenters. The van der Waals surface area contributed by atoms with Crippen LogP contribution in [0.5, 0.6) is 5.75 Å². The van der Waals surface area contributed by atoms with Gasteiger partial charge in [-0.05, 0) is 52.3 Å². The molecule has 0 bridgehead atoms. The summed E-state index contributed by atoms with van der Waals surface area (Å²) in [7, 11) is 0. The molecule has 1 aromatic carbocycles. The van der Waals surface area contributed by atoms with Crippen molar-refractivity contribution in [2.75, 3.05) is 25.1 Å². The van der Waals surface area contributed by atoms with Crippen LogP contribution in [-0.2, 0) is 41.1 Å². The van der Waals surface area contributed by atoms with E-state index in [0.717, 1.165) is 0 Å². The second kappa shape index (κ2) is 12.4. The number of halogens is 3. The van der Waals surface area contributed by atoms with Crippen molar-refractivity contribution in [2.45, 2.75) is 83.0 Å². The largest absolute Gasteiger partial charge is 0.482 e. The van der Waals surface area contributed by atoms with E-state index in [1.165, 1.54) is 6.20 Å². The van der Waals surface area contributed by atoms with Gasteiger partial charge in [-0.15, -0.1) is 0 Å². The number of alkyl halides is 3. The predicted octanol–water partition coefficient (Wildman–Crippen LogP) is 3.27. The van der Waals surface area contributed by atoms with Gasteiger partial charge in [0.15, 0.2) is 18.1 Å². The summed E-state index contributed by atoms with van der Waals surface area (Å²) in [4.78, 5) is 31.9. The third-order valence-electron chi connectivity index (χ3n) is 6.21. The van der Waals surface area contributed by atoms with Gasteiger partial charge in [-0.2, -0.15) is 13.2 Å². The number of aromatic nitrogens is 2. The molecule has 2 saturated heterocycles. The van der Waals surface area contributed by atoms with E-state index in [0.29, 0.717) is 17.5 Å². The van der Waals surface area contributed by atoms with E-state index in [1.807, 2.05) is 0 Å². The fraction of sp³-hybridized carbons (Fsp3) is 0.571. The molecule has 0 spiro atoms. The summed E-state index contributed by atoms with van der Waals surface area (Å²) in [6, 6.07) is 6.24. The highest BCUT2D eigenvalue weighted by molar-refractivity contribution is 5.78. The fourth-order valence-corrected chi connectivity index (χ4v) is 4.61. The Hall–Kier alpha value is -3.49. The lowest BCUT2D eigenvalue weighted by atomic mass is 9.98. The molecule has 230 valence electrons. The maximum Gasteiger partial charge on any atom is 0.434 e. The molecule has 3 heterocycles. The average molecular weight is 597 g/mol. The number of amides is 1. The van der Waals surface area contributed by atoms with E-state index in [1.54, 1.807) is 58.9 Å². The first-order chi connectivity index (χ1) is 19.6. The molecule has 0 radical (unpaired) electrons. The molecule has 0 unspecified atom stereocenters. The molecule has 0 saturated carbocycles. The number of nitrogens with one attached hydrogen (secondary N) is 2. The molecule has 2 aromatic rings. The van der Waals surface area contributed by atoms with Crippen molar-refractivity contribution in [3.05, 3.63) is 47.9 Å². The van der Waals surface area contributed by atoms with Gasteiger partial charge in [0.1, 0.15) is 35.5 Å². The van der Waals surface area contributed by atoms with Crippen LogP contribution in [0.25, 0.3) is 0 Å². The molecule has 2 aliphatic heterocycles. The Morgan fingerprint density at radius 2 is 1.86 bits per heavy atom. The van der Waals surface area contributed by atoms with Crippen LogP contribution in [0.4, 0.5) is 19.0 Å². The Morgan fingerprint density at radius 1 is 1.12 bits per heavy atom. The number of fused-ring (bicyclic) bond motifs is 1. The van der Waals surface area contributed by atoms with Gasteiger partial charge in [0.2, 0.25) is 5.91 Å². The zero-order chi connectivity index (χ0) is 30.7. The average Bonchev–Trinajstić information content (AvgIpc) is 3.21. The zero-order valence-electron chi connectivity index (χ0n) is 24.0. The standard InChI is InChI=1S/C28H35F3N4O7/c1-26(2,3)40-23(37)15-38-17-8-6-7-16(9-17)10-22(36)33-11-19-25-24(41-27(4,5)42-25)18(14-39-19)34-21-13-32-12-20(35-21)28(29,30)31/h6-9,12-13,18-19,24-25H,10-11,14-15H2,1-5H3,(H,33,36)(H,34,35)/t18-,19+,24+,25-/m0/s1. The van der Waals surface area contributed by atoms with E-state index in [-0.39, 0.29) is 37.9 Å². The highest BCUT2D eigenvalue weighted by Gasteiger charge is 2.52. The first-order valence-electron chi connectivity index (χ1n) is 13.4. The van der Waals surface area contributed by atoms with Crippen LogP contribution < -0.4 is 15.4 Å². The fourth-order valence-electron chi connectivity index (χ4n) is 4.61. The highest BCUT2D eigenvalue weighted by Crippen LogP contribution is 2.36. The zero-order valence-corrected chi connectivity index (χ0v) is 24.0. The van der Waals surface area contributed by atoms with Crippen molar-refractivity contribution < 1.29 is 46.4 Å². The highest BCUT2D eigenvalue weighted by atomic mass is 19.4. The molecule has 4 rings (SSSR count). The quantitative estimate of drug-likeness (QED) is 0.416. The number of benzene rings is 1. The molecule has 1 aromatic heterocycles. The van der Waals surface area contributed by atoms with E-state index >= 15 is 0 Å². The van der Waals surface area contributed by atoms with E-state index in [2.05, 4.69) is 20.6 Å². The van der Waals surface area contributed by atoms with Crippen LogP contribution in [0.1, 0.15) is 45.9 Å². The van der Waals surface area contributed by atoms with Crippen molar-refractivity contribution in [1.29, 1.82) is 0 Å². The van der Waals surface area contributed by atoms with Crippen molar-refractivity contribution in [1.82, 2.24) is 15.3 Å². The van der Waals surface area contributed by atoms with Crippen LogP contribution in [-0.4, -0.2) is 77.3 Å². The van der Waals surface area contributed by atoms with E-state index in [9.17, 15) is 22.8 Å². The molecule has 42 heavy (non-hydrogen) atoms. The number of carbonyl (C=O) groups excluding carboxylic acids is 2. The lowest BCUT2D eigenvalue weighted by Gasteiger charge is -2.37. The third kappa shape index (κ3) is 8.76. The van der Waals surface area contributed by atoms with Crippen molar-refractivity contribution >= 4 is 17.7 Å². The second-order valence-corrected chi connectivity index (χ2v) is 11.5. The molecule has 0 aliphatic carbocycles. The summed E-state index contributed by atoms with van der Waals surface area (Å²) in [5.74, 6) is -1.42. The number of carbonyl (C=O) groups is 2. The maximum atomic E-state index is 13.1. The summed E-state index contributed by atoms with van der Waals surface area (Å²) in [5, 5.41) is 5.77. The van der Waals surface area contributed by atoms with Crippen LogP contribution in [0.15, 0.2) is 36.7 Å². The van der Waals surface area contributed by atoms with Gasteiger partial charge in [-0.25, -0.2) is 9.78 Å². The number of anilines is 1. The van der Waals surface area contributed by atoms with Gasteiger partial charge in [0.05, 0.1) is 31.5 Å². The minimum absolute atomic E-state index is 0.0473. The Labute approximate surface area is 241 Å². The van der Waals surface area contributed by atoms with Crippen LogP contribution in [0, 0.1) is 0 Å². The summed E-state index contributed by atoms with van der Waals surface area (Å²) in [5.41, 5.74) is -1.07. The van der Waals surface area contributed by atoms with Gasteiger partial charge in [0, 0.05) is 6.54 Å². The van der Waals surface area contributed by atoms with E-state index < -0.39 is 53.6 Å². The van der Waals surface area contributed by atoms with Gasteiger partial charge in [-0.3, -0.25) is 9.78 Å². The monoisotopic (exact) mass is 596 g/mol. The van der Waals surface area contributed by atoms with Gasteiger partial charge in [0.25, 0.3) is 0 Å². The number of ether oxygens (including phenoxy) is 5. The number of esters is 1. The number of nitrogens with zero attached hydrogens (tertiary/aromatic N) is 2. The first-order valence-corrected chi connectivity index (χ1v) is 13.4. The third-order valence-corrected chi connectivity index (χ3v) is 6.21. The van der Waals surface area contributed by atoms with E-state index in [4.69, 9.17) is 23.7 Å². The molecule has 1 amide bonds. The lowest BCUT2D eigenvalue weighted by Crippen LogP contribution is -2.57. The molecule has 2 fully saturated rings. The van der Waals surface area contributed by atoms with Crippen molar-refractivity contribution in [3.63, 3.8) is 0 Å². The first kappa shape index (κ1) is 31.4. The summed E-state index contributed by atoms with van der Waals surface area (Å²) >= 11 is 0. The van der Waals surface area contributed by atoms with Crippen LogP contribution in [0.3, 0.4) is 0 Å². The summed E-state index contributed by atoms with van der Waals surface area (Å²) in [6.07, 6.45) is -4.53. The number of hydrogen-bond donors (Lipinski definition) is 2. The minimum atomic E-state index is -4.64. The molecule has 2 aliphatic rings. The maximum absolute atomic E-state index is 13.1. The topological polar surface area (TPSA) is 130 Å². The predicted molar refractivity (Wildman–Crippen MR) is 143 cm³/mol. The summed E-state index contributed by atoms with van der Waals surface area (Å²) < 4.78 is 68.0. The molecular formula is C28H35F3N4O7. The van der Waals surface area contributed by atoms with Gasteiger partial charge in [-0.1, -0.05) is 12.1 Å². The minimum Gasteiger partial charge on any atom is -0.482 e. The Morgan fingerprint density at radius 3 is 2.57 bits per heavy atom. The molecule has 2 N–H and O–H groups in total. The molecule has 11 nitrogen and oxygen atoms in total. The van der Waals surface area contributed by atoms with Gasteiger partial charge < -0.3 is 34.3 Å². The number of hydrogen-bond acceptors (Lipinski definition) is 10. The summed E-state index contributed by atoms with van der Waals surface area (Å²) in [6.45, 7) is 8.66. The SMILES string of the molecule is CC(C)(C)OC(=O)COc1cccc(CC(=O)NC[C@H]2OC[C@H](Nc3cncc(C(F)(F)F)n3)[C@H]3OC(C)(C)O[C@H]32)c1. The smallest absolute Gasteiger partial charge is 0.434 e. The van der Waals surface area contributed by atoms with Crippen molar-refractivity contribution in [2.24, 2.45) is 0 Å². The second-order valence-electron chi connectivity index (χ2n) is 11.5. The number of rotatable bonds is 9.